The molecular formula is C15H21NO. The van der Waals surface area contributed by atoms with Crippen LogP contribution in [-0.4, -0.2) is 19.9 Å². The van der Waals surface area contributed by atoms with Gasteiger partial charge in [-0.2, -0.15) is 0 Å². The topological polar surface area (TPSA) is 20.3 Å². The average Bonchev–Trinajstić information content (AvgIpc) is 3.12. The van der Waals surface area contributed by atoms with Crippen LogP contribution < -0.4 is 4.90 Å². The third-order valence-corrected chi connectivity index (χ3v) is 3.83. The van der Waals surface area contributed by atoms with E-state index in [1.807, 2.05) is 43.3 Å². The molecule has 0 amide bonds. The van der Waals surface area contributed by atoms with Crippen molar-refractivity contribution in [2.45, 2.75) is 26.7 Å². The fourth-order valence-electron chi connectivity index (χ4n) is 2.27. The molecule has 92 valence electrons. The molecule has 2 rings (SSSR count). The Balaban J connectivity index is 2.19. The van der Waals surface area contributed by atoms with Gasteiger partial charge in [0.15, 0.2) is 5.78 Å². The van der Waals surface area contributed by atoms with Crippen molar-refractivity contribution in [2.24, 2.45) is 11.3 Å². The largest absolute Gasteiger partial charge is 0.378 e. The molecule has 0 spiro atoms. The zero-order valence-corrected chi connectivity index (χ0v) is 11.2. The Labute approximate surface area is 104 Å². The summed E-state index contributed by atoms with van der Waals surface area (Å²) in [5.74, 6) is 0.869. The lowest BCUT2D eigenvalue weighted by Crippen LogP contribution is -2.26. The molecule has 0 unspecified atom stereocenters. The lowest BCUT2D eigenvalue weighted by Gasteiger charge is -2.23. The maximum Gasteiger partial charge on any atom is 0.168 e. The van der Waals surface area contributed by atoms with Crippen molar-refractivity contribution in [2.75, 3.05) is 19.0 Å². The Morgan fingerprint density at radius 1 is 1.18 bits per heavy atom. The van der Waals surface area contributed by atoms with E-state index in [9.17, 15) is 4.79 Å². The van der Waals surface area contributed by atoms with Crippen molar-refractivity contribution < 1.29 is 4.79 Å². The van der Waals surface area contributed by atoms with E-state index in [0.717, 1.165) is 11.3 Å². The van der Waals surface area contributed by atoms with E-state index in [4.69, 9.17) is 0 Å². The molecule has 0 heterocycles. The molecule has 2 nitrogen and oxygen atoms in total. The number of rotatable bonds is 4. The van der Waals surface area contributed by atoms with Crippen LogP contribution in [0.5, 0.6) is 0 Å². The highest BCUT2D eigenvalue weighted by atomic mass is 16.1. The smallest absolute Gasteiger partial charge is 0.168 e. The van der Waals surface area contributed by atoms with Crippen LogP contribution in [-0.2, 0) is 0 Å². The van der Waals surface area contributed by atoms with Crippen LogP contribution in [0.15, 0.2) is 24.3 Å². The third kappa shape index (κ3) is 2.36. The number of anilines is 1. The Bertz CT molecular complexity index is 413. The van der Waals surface area contributed by atoms with Gasteiger partial charge in [0.1, 0.15) is 0 Å². The minimum Gasteiger partial charge on any atom is -0.378 e. The third-order valence-electron chi connectivity index (χ3n) is 3.83. The molecule has 0 N–H and O–H groups in total. The summed E-state index contributed by atoms with van der Waals surface area (Å²) in [6.07, 6.45) is 2.41. The number of nitrogens with zero attached hydrogens (tertiary/aromatic N) is 1. The number of carbonyl (C=O) groups excluding carboxylic acids is 1. The average molecular weight is 231 g/mol. The number of ketones is 1. The Kier molecular flexibility index (Phi) is 2.98. The minimum absolute atomic E-state index is 0.195. The number of benzene rings is 1. The van der Waals surface area contributed by atoms with Gasteiger partial charge < -0.3 is 4.90 Å². The molecule has 1 aromatic carbocycles. The summed E-state index contributed by atoms with van der Waals surface area (Å²) in [7, 11) is 4.01. The van der Waals surface area contributed by atoms with Crippen LogP contribution in [0.1, 0.15) is 37.0 Å². The van der Waals surface area contributed by atoms with Crippen LogP contribution in [0.3, 0.4) is 0 Å². The molecule has 2 heteroatoms. The van der Waals surface area contributed by atoms with Crippen LogP contribution >= 0.6 is 0 Å². The van der Waals surface area contributed by atoms with E-state index >= 15 is 0 Å². The second-order valence-corrected chi connectivity index (χ2v) is 5.77. The molecule has 1 aliphatic carbocycles. The summed E-state index contributed by atoms with van der Waals surface area (Å²) in [6, 6.07) is 7.91. The Morgan fingerprint density at radius 2 is 1.71 bits per heavy atom. The van der Waals surface area contributed by atoms with Gasteiger partial charge in [-0.25, -0.2) is 0 Å². The van der Waals surface area contributed by atoms with Gasteiger partial charge >= 0.3 is 0 Å². The highest BCUT2D eigenvalue weighted by molar-refractivity contribution is 6.00. The predicted molar refractivity (Wildman–Crippen MR) is 71.6 cm³/mol. The van der Waals surface area contributed by atoms with E-state index in [2.05, 4.69) is 13.8 Å². The second kappa shape index (κ2) is 4.17. The number of carbonyl (C=O) groups is 1. The van der Waals surface area contributed by atoms with Gasteiger partial charge in [0.2, 0.25) is 0 Å². The molecule has 1 saturated carbocycles. The van der Waals surface area contributed by atoms with Crippen molar-refractivity contribution in [3.8, 4) is 0 Å². The first-order valence-electron chi connectivity index (χ1n) is 6.25. The molecule has 1 aliphatic rings. The summed E-state index contributed by atoms with van der Waals surface area (Å²) in [5, 5.41) is 0. The van der Waals surface area contributed by atoms with Crippen molar-refractivity contribution in [3.05, 3.63) is 29.8 Å². The summed E-state index contributed by atoms with van der Waals surface area (Å²) >= 11 is 0. The molecule has 0 aliphatic heterocycles. The summed E-state index contributed by atoms with van der Waals surface area (Å²) in [5.41, 5.74) is 1.78. The van der Waals surface area contributed by atoms with E-state index in [0.29, 0.717) is 5.92 Å². The Morgan fingerprint density at radius 3 is 2.12 bits per heavy atom. The summed E-state index contributed by atoms with van der Waals surface area (Å²) in [6.45, 7) is 4.15. The van der Waals surface area contributed by atoms with Crippen LogP contribution in [0.25, 0.3) is 0 Å². The van der Waals surface area contributed by atoms with E-state index in [-0.39, 0.29) is 11.2 Å². The number of hydrogen-bond acceptors (Lipinski definition) is 2. The molecule has 17 heavy (non-hydrogen) atoms. The van der Waals surface area contributed by atoms with Gasteiger partial charge in [-0.1, -0.05) is 13.8 Å². The van der Waals surface area contributed by atoms with E-state index in [1.54, 1.807) is 0 Å². The van der Waals surface area contributed by atoms with Gasteiger partial charge in [0, 0.05) is 30.8 Å². The van der Waals surface area contributed by atoms with Gasteiger partial charge in [0.25, 0.3) is 0 Å². The first-order chi connectivity index (χ1) is 7.93. The van der Waals surface area contributed by atoms with Crippen molar-refractivity contribution in [3.63, 3.8) is 0 Å². The monoisotopic (exact) mass is 231 g/mol. The molecule has 0 bridgehead atoms. The normalized spacial score (nSPS) is 15.8. The molecule has 0 saturated heterocycles. The fraction of sp³-hybridized carbons (Fsp3) is 0.533. The fourth-order valence-corrected chi connectivity index (χ4v) is 2.27. The van der Waals surface area contributed by atoms with Gasteiger partial charge in [-0.3, -0.25) is 4.79 Å². The van der Waals surface area contributed by atoms with Crippen LogP contribution in [0, 0.1) is 11.3 Å². The van der Waals surface area contributed by atoms with Gasteiger partial charge in [-0.05, 0) is 43.0 Å². The zero-order valence-electron chi connectivity index (χ0n) is 11.2. The van der Waals surface area contributed by atoms with Gasteiger partial charge in [0.05, 0.1) is 0 Å². The molecular weight excluding hydrogens is 210 g/mol. The number of Topliss-reactive ketones (excluding diaryl/α,β-unsaturated/α-hetero) is 1. The Hall–Kier alpha value is -1.31. The standard InChI is InChI=1S/C15H21NO/c1-15(2,12-7-8-12)14(17)11-5-9-13(10-6-11)16(3)4/h5-6,9-10,12H,7-8H2,1-4H3. The zero-order chi connectivity index (χ0) is 12.6. The highest BCUT2D eigenvalue weighted by Gasteiger charge is 2.43. The first kappa shape index (κ1) is 12.2. The first-order valence-corrected chi connectivity index (χ1v) is 6.25. The van der Waals surface area contributed by atoms with Crippen molar-refractivity contribution >= 4 is 11.5 Å². The SMILES string of the molecule is CN(C)c1ccc(C(=O)C(C)(C)C2CC2)cc1. The van der Waals surface area contributed by atoms with E-state index in [1.165, 1.54) is 12.8 Å². The van der Waals surface area contributed by atoms with Crippen LogP contribution in [0.4, 0.5) is 5.69 Å². The van der Waals surface area contributed by atoms with Crippen molar-refractivity contribution in [1.82, 2.24) is 0 Å². The molecule has 1 fully saturated rings. The molecule has 0 aromatic heterocycles. The molecule has 1 aromatic rings. The maximum atomic E-state index is 12.4. The van der Waals surface area contributed by atoms with Crippen LogP contribution in [0.2, 0.25) is 0 Å². The second-order valence-electron chi connectivity index (χ2n) is 5.77. The minimum atomic E-state index is -0.195. The number of hydrogen-bond donors (Lipinski definition) is 0. The maximum absolute atomic E-state index is 12.4. The lowest BCUT2D eigenvalue weighted by atomic mass is 9.80. The quantitative estimate of drug-likeness (QED) is 0.740. The summed E-state index contributed by atoms with van der Waals surface area (Å²) < 4.78 is 0. The molecule has 0 radical (unpaired) electrons. The van der Waals surface area contributed by atoms with E-state index < -0.39 is 0 Å². The highest BCUT2D eigenvalue weighted by Crippen LogP contribution is 2.46. The lowest BCUT2D eigenvalue weighted by molar-refractivity contribution is 0.0809. The van der Waals surface area contributed by atoms with Gasteiger partial charge in [-0.15, -0.1) is 0 Å². The van der Waals surface area contributed by atoms with Crippen molar-refractivity contribution in [1.29, 1.82) is 0 Å². The predicted octanol–water partition coefficient (Wildman–Crippen LogP) is 3.37. The summed E-state index contributed by atoms with van der Waals surface area (Å²) in [4.78, 5) is 14.5. The molecule has 0 atom stereocenters.